The summed E-state index contributed by atoms with van der Waals surface area (Å²) in [7, 11) is 0. The lowest BCUT2D eigenvalue weighted by Crippen LogP contribution is -2.51. The SMILES string of the molecule is CCc1c(C(=O)N2CCN(C(=O)C3CC3)CC2)cnn1Cc1ccccc1. The van der Waals surface area contributed by atoms with Crippen molar-refractivity contribution in [2.75, 3.05) is 26.2 Å². The van der Waals surface area contributed by atoms with Crippen LogP contribution in [-0.4, -0.2) is 57.6 Å². The Morgan fingerprint density at radius 3 is 2.33 bits per heavy atom. The molecule has 0 bridgehead atoms. The molecule has 1 aliphatic heterocycles. The molecule has 0 unspecified atom stereocenters. The number of carbonyl (C=O) groups is 2. The smallest absolute Gasteiger partial charge is 0.257 e. The van der Waals surface area contributed by atoms with E-state index < -0.39 is 0 Å². The first-order chi connectivity index (χ1) is 13.2. The molecule has 4 rings (SSSR count). The minimum Gasteiger partial charge on any atom is -0.339 e. The molecule has 0 atom stereocenters. The van der Waals surface area contributed by atoms with Gasteiger partial charge in [0.1, 0.15) is 0 Å². The first-order valence-electron chi connectivity index (χ1n) is 9.84. The highest BCUT2D eigenvalue weighted by Crippen LogP contribution is 2.31. The number of nitrogens with zero attached hydrogens (tertiary/aromatic N) is 4. The van der Waals surface area contributed by atoms with E-state index in [0.717, 1.165) is 25.0 Å². The Balaban J connectivity index is 1.43. The zero-order valence-corrected chi connectivity index (χ0v) is 15.8. The number of piperazine rings is 1. The van der Waals surface area contributed by atoms with Crippen molar-refractivity contribution in [3.63, 3.8) is 0 Å². The van der Waals surface area contributed by atoms with E-state index in [2.05, 4.69) is 24.2 Å². The molecule has 27 heavy (non-hydrogen) atoms. The second-order valence-electron chi connectivity index (χ2n) is 7.39. The molecule has 1 saturated heterocycles. The standard InChI is InChI=1S/C21H26N4O2/c1-2-19-18(14-22-25(19)15-16-6-4-3-5-7-16)21(27)24-12-10-23(11-13-24)20(26)17-8-9-17/h3-7,14,17H,2,8-13,15H2,1H3. The van der Waals surface area contributed by atoms with Crippen LogP contribution < -0.4 is 0 Å². The van der Waals surface area contributed by atoms with Crippen LogP contribution in [-0.2, 0) is 17.8 Å². The number of benzene rings is 1. The molecule has 1 aromatic carbocycles. The summed E-state index contributed by atoms with van der Waals surface area (Å²) in [5, 5.41) is 4.48. The molecule has 1 aromatic heterocycles. The van der Waals surface area contributed by atoms with E-state index in [1.54, 1.807) is 6.20 Å². The zero-order chi connectivity index (χ0) is 18.8. The summed E-state index contributed by atoms with van der Waals surface area (Å²) in [6.45, 7) is 5.21. The first-order valence-corrected chi connectivity index (χ1v) is 9.84. The predicted molar refractivity (Wildman–Crippen MR) is 102 cm³/mol. The van der Waals surface area contributed by atoms with Gasteiger partial charge in [0.2, 0.25) is 5.91 Å². The molecule has 2 fully saturated rings. The fourth-order valence-corrected chi connectivity index (χ4v) is 3.74. The van der Waals surface area contributed by atoms with Crippen molar-refractivity contribution in [1.29, 1.82) is 0 Å². The minimum absolute atomic E-state index is 0.0321. The van der Waals surface area contributed by atoms with Crippen LogP contribution in [0.5, 0.6) is 0 Å². The van der Waals surface area contributed by atoms with Gasteiger partial charge in [-0.2, -0.15) is 5.10 Å². The van der Waals surface area contributed by atoms with Crippen molar-refractivity contribution >= 4 is 11.8 Å². The maximum absolute atomic E-state index is 13.0. The van der Waals surface area contributed by atoms with Crippen molar-refractivity contribution in [2.45, 2.75) is 32.7 Å². The lowest BCUT2D eigenvalue weighted by molar-refractivity contribution is -0.134. The van der Waals surface area contributed by atoms with E-state index in [-0.39, 0.29) is 17.7 Å². The highest BCUT2D eigenvalue weighted by Gasteiger charge is 2.35. The van der Waals surface area contributed by atoms with E-state index in [4.69, 9.17) is 0 Å². The molecule has 6 heteroatoms. The van der Waals surface area contributed by atoms with Gasteiger partial charge < -0.3 is 9.80 Å². The van der Waals surface area contributed by atoms with E-state index >= 15 is 0 Å². The van der Waals surface area contributed by atoms with Gasteiger partial charge in [0.25, 0.3) is 5.91 Å². The van der Waals surface area contributed by atoms with Gasteiger partial charge in [-0.15, -0.1) is 0 Å². The van der Waals surface area contributed by atoms with Crippen LogP contribution in [0, 0.1) is 5.92 Å². The van der Waals surface area contributed by atoms with E-state index in [1.165, 1.54) is 5.56 Å². The van der Waals surface area contributed by atoms with Crippen LogP contribution in [0.15, 0.2) is 36.5 Å². The number of aromatic nitrogens is 2. The third kappa shape index (κ3) is 3.75. The Kier molecular flexibility index (Phi) is 4.97. The first kappa shape index (κ1) is 17.8. The average Bonchev–Trinajstić information content (AvgIpc) is 3.49. The Morgan fingerprint density at radius 1 is 1.04 bits per heavy atom. The predicted octanol–water partition coefficient (Wildman–Crippen LogP) is 2.19. The topological polar surface area (TPSA) is 58.4 Å². The molecule has 2 heterocycles. The molecule has 2 amide bonds. The van der Waals surface area contributed by atoms with Crippen LogP contribution in [0.3, 0.4) is 0 Å². The van der Waals surface area contributed by atoms with Crippen LogP contribution in [0.2, 0.25) is 0 Å². The highest BCUT2D eigenvalue weighted by molar-refractivity contribution is 5.95. The van der Waals surface area contributed by atoms with E-state index in [0.29, 0.717) is 38.3 Å². The molecule has 142 valence electrons. The zero-order valence-electron chi connectivity index (χ0n) is 15.8. The summed E-state index contributed by atoms with van der Waals surface area (Å²) >= 11 is 0. The maximum atomic E-state index is 13.0. The summed E-state index contributed by atoms with van der Waals surface area (Å²) in [4.78, 5) is 29.0. The molecular weight excluding hydrogens is 340 g/mol. The summed E-state index contributed by atoms with van der Waals surface area (Å²) in [6.07, 6.45) is 4.51. The quantitative estimate of drug-likeness (QED) is 0.815. The number of hydrogen-bond acceptors (Lipinski definition) is 3. The Labute approximate surface area is 159 Å². The Bertz CT molecular complexity index is 818. The fraction of sp³-hybridized carbons (Fsp3) is 0.476. The van der Waals surface area contributed by atoms with Gasteiger partial charge in [-0.3, -0.25) is 14.3 Å². The second kappa shape index (κ2) is 7.55. The minimum atomic E-state index is 0.0321. The maximum Gasteiger partial charge on any atom is 0.257 e. The van der Waals surface area contributed by atoms with Crippen LogP contribution in [0.4, 0.5) is 0 Å². The lowest BCUT2D eigenvalue weighted by Gasteiger charge is -2.35. The third-order valence-electron chi connectivity index (χ3n) is 5.49. The van der Waals surface area contributed by atoms with Gasteiger partial charge >= 0.3 is 0 Å². The molecule has 6 nitrogen and oxygen atoms in total. The average molecular weight is 366 g/mol. The van der Waals surface area contributed by atoms with Crippen molar-refractivity contribution in [1.82, 2.24) is 19.6 Å². The number of hydrogen-bond donors (Lipinski definition) is 0. The van der Waals surface area contributed by atoms with Gasteiger partial charge in [0.05, 0.1) is 24.0 Å². The van der Waals surface area contributed by atoms with Gasteiger partial charge in [0.15, 0.2) is 0 Å². The number of amides is 2. The van der Waals surface area contributed by atoms with Crippen molar-refractivity contribution in [3.8, 4) is 0 Å². The molecule has 2 aromatic rings. The van der Waals surface area contributed by atoms with Crippen LogP contribution in [0.1, 0.15) is 41.4 Å². The van der Waals surface area contributed by atoms with Gasteiger partial charge in [-0.05, 0) is 24.8 Å². The van der Waals surface area contributed by atoms with Crippen molar-refractivity contribution < 1.29 is 9.59 Å². The van der Waals surface area contributed by atoms with E-state index in [9.17, 15) is 9.59 Å². The third-order valence-corrected chi connectivity index (χ3v) is 5.49. The lowest BCUT2D eigenvalue weighted by atomic mass is 10.1. The summed E-state index contributed by atoms with van der Waals surface area (Å²) < 4.78 is 1.93. The van der Waals surface area contributed by atoms with Crippen LogP contribution in [0.25, 0.3) is 0 Å². The summed E-state index contributed by atoms with van der Waals surface area (Å²) in [5.74, 6) is 0.548. The summed E-state index contributed by atoms with van der Waals surface area (Å²) in [5.41, 5.74) is 2.83. The monoisotopic (exact) mass is 366 g/mol. The molecule has 0 spiro atoms. The van der Waals surface area contributed by atoms with Crippen molar-refractivity contribution in [3.05, 3.63) is 53.3 Å². The van der Waals surface area contributed by atoms with E-state index in [1.807, 2.05) is 32.7 Å². The number of carbonyl (C=O) groups excluding carboxylic acids is 2. The Morgan fingerprint density at radius 2 is 1.70 bits per heavy atom. The van der Waals surface area contributed by atoms with Gasteiger partial charge in [-0.25, -0.2) is 0 Å². The molecule has 2 aliphatic rings. The van der Waals surface area contributed by atoms with Crippen molar-refractivity contribution in [2.24, 2.45) is 5.92 Å². The van der Waals surface area contributed by atoms with Crippen LogP contribution >= 0.6 is 0 Å². The molecule has 1 aliphatic carbocycles. The highest BCUT2D eigenvalue weighted by atomic mass is 16.2. The normalized spacial score (nSPS) is 17.2. The summed E-state index contributed by atoms with van der Waals surface area (Å²) in [6, 6.07) is 10.2. The number of rotatable bonds is 5. The second-order valence-corrected chi connectivity index (χ2v) is 7.39. The largest absolute Gasteiger partial charge is 0.339 e. The Hall–Kier alpha value is -2.63. The fourth-order valence-electron chi connectivity index (χ4n) is 3.74. The molecule has 0 N–H and O–H groups in total. The molecular formula is C21H26N4O2. The van der Waals surface area contributed by atoms with Gasteiger partial charge in [0, 0.05) is 32.1 Å². The van der Waals surface area contributed by atoms with Gasteiger partial charge in [-0.1, -0.05) is 37.3 Å². The molecule has 0 radical (unpaired) electrons. The molecule has 1 saturated carbocycles.